The van der Waals surface area contributed by atoms with Gasteiger partial charge in [0.1, 0.15) is 0 Å². The molecule has 1 heterocycles. The first-order chi connectivity index (χ1) is 10.1. The number of rotatable bonds is 6. The molecule has 1 aliphatic heterocycles. The molecule has 0 aromatic heterocycles. The summed E-state index contributed by atoms with van der Waals surface area (Å²) in [6, 6.07) is 7.71. The lowest BCUT2D eigenvalue weighted by molar-refractivity contribution is -0.119. The summed E-state index contributed by atoms with van der Waals surface area (Å²) < 4.78 is 0. The zero-order chi connectivity index (χ0) is 15.2. The van der Waals surface area contributed by atoms with Gasteiger partial charge in [-0.3, -0.25) is 4.79 Å². The lowest BCUT2D eigenvalue weighted by Gasteiger charge is -2.18. The van der Waals surface area contributed by atoms with Crippen molar-refractivity contribution in [1.82, 2.24) is 4.90 Å². The number of carbonyl (C=O) groups is 1. The Morgan fingerprint density at radius 3 is 2.71 bits per heavy atom. The molecule has 1 amide bonds. The summed E-state index contributed by atoms with van der Waals surface area (Å²) in [5.41, 5.74) is 1.92. The van der Waals surface area contributed by atoms with Gasteiger partial charge < -0.3 is 15.3 Å². The van der Waals surface area contributed by atoms with Gasteiger partial charge in [-0.25, -0.2) is 0 Å². The minimum absolute atomic E-state index is 0.0980. The number of nitrogens with zero attached hydrogens (tertiary/aromatic N) is 1. The summed E-state index contributed by atoms with van der Waals surface area (Å²) in [5.74, 6) is 0.864. The molecule has 116 valence electrons. The highest BCUT2D eigenvalue weighted by Crippen LogP contribution is 2.20. The van der Waals surface area contributed by atoms with E-state index in [9.17, 15) is 4.79 Å². The summed E-state index contributed by atoms with van der Waals surface area (Å²) in [4.78, 5) is 14.7. The highest BCUT2D eigenvalue weighted by atomic mass is 16.2. The normalized spacial score (nSPS) is 19.1. The van der Waals surface area contributed by atoms with Gasteiger partial charge in [-0.1, -0.05) is 26.0 Å². The van der Waals surface area contributed by atoms with E-state index < -0.39 is 0 Å². The predicted octanol–water partition coefficient (Wildman–Crippen LogP) is 2.14. The SMILES string of the molecule is CC(C)CN1CCC(C(=O)Nc2ccc(CCO)cc2)C1. The number of amides is 1. The topological polar surface area (TPSA) is 52.6 Å². The number of aliphatic hydroxyl groups is 1. The predicted molar refractivity (Wildman–Crippen MR) is 85.2 cm³/mol. The second-order valence-corrected chi connectivity index (χ2v) is 6.30. The molecule has 1 unspecified atom stereocenters. The lowest BCUT2D eigenvalue weighted by atomic mass is 10.1. The first-order valence-electron chi connectivity index (χ1n) is 7.81. The first kappa shape index (κ1) is 16.0. The van der Waals surface area contributed by atoms with Crippen molar-refractivity contribution in [2.45, 2.75) is 26.7 Å². The van der Waals surface area contributed by atoms with Gasteiger partial charge in [-0.05, 0) is 43.0 Å². The number of anilines is 1. The van der Waals surface area contributed by atoms with Crippen LogP contribution in [0.4, 0.5) is 5.69 Å². The zero-order valence-corrected chi connectivity index (χ0v) is 13.0. The van der Waals surface area contributed by atoms with Gasteiger partial charge in [-0.15, -0.1) is 0 Å². The van der Waals surface area contributed by atoms with E-state index in [0.717, 1.165) is 37.3 Å². The summed E-state index contributed by atoms with van der Waals surface area (Å²) in [7, 11) is 0. The Bertz CT molecular complexity index is 456. The minimum atomic E-state index is 0.0980. The number of hydrogen-bond acceptors (Lipinski definition) is 3. The molecule has 1 aromatic rings. The molecule has 0 saturated carbocycles. The van der Waals surface area contributed by atoms with Crippen LogP contribution in [0.5, 0.6) is 0 Å². The number of carbonyl (C=O) groups excluding carboxylic acids is 1. The minimum Gasteiger partial charge on any atom is -0.396 e. The smallest absolute Gasteiger partial charge is 0.228 e. The van der Waals surface area contributed by atoms with Crippen LogP contribution in [-0.4, -0.2) is 42.2 Å². The van der Waals surface area contributed by atoms with Gasteiger partial charge in [0.05, 0.1) is 5.92 Å². The van der Waals surface area contributed by atoms with E-state index in [4.69, 9.17) is 5.11 Å². The van der Waals surface area contributed by atoms with Crippen LogP contribution in [0.1, 0.15) is 25.8 Å². The molecule has 1 saturated heterocycles. The summed E-state index contributed by atoms with van der Waals surface area (Å²) in [5, 5.41) is 11.9. The van der Waals surface area contributed by atoms with Gasteiger partial charge in [0.25, 0.3) is 0 Å². The van der Waals surface area contributed by atoms with Crippen molar-refractivity contribution < 1.29 is 9.90 Å². The van der Waals surface area contributed by atoms with Crippen LogP contribution in [-0.2, 0) is 11.2 Å². The van der Waals surface area contributed by atoms with Gasteiger partial charge in [-0.2, -0.15) is 0 Å². The molecule has 4 heteroatoms. The quantitative estimate of drug-likeness (QED) is 0.844. The van der Waals surface area contributed by atoms with Crippen molar-refractivity contribution in [3.05, 3.63) is 29.8 Å². The number of likely N-dealkylation sites (tertiary alicyclic amines) is 1. The van der Waals surface area contributed by atoms with E-state index in [-0.39, 0.29) is 18.4 Å². The van der Waals surface area contributed by atoms with E-state index in [1.807, 2.05) is 24.3 Å². The van der Waals surface area contributed by atoms with Crippen molar-refractivity contribution in [2.24, 2.45) is 11.8 Å². The lowest BCUT2D eigenvalue weighted by Crippen LogP contribution is -2.29. The van der Waals surface area contributed by atoms with Crippen molar-refractivity contribution in [1.29, 1.82) is 0 Å². The Morgan fingerprint density at radius 1 is 1.38 bits per heavy atom. The molecule has 1 aliphatic rings. The maximum absolute atomic E-state index is 12.3. The van der Waals surface area contributed by atoms with Crippen molar-refractivity contribution >= 4 is 11.6 Å². The largest absolute Gasteiger partial charge is 0.396 e. The third kappa shape index (κ3) is 4.83. The molecular weight excluding hydrogens is 264 g/mol. The van der Waals surface area contributed by atoms with Crippen LogP contribution in [0.25, 0.3) is 0 Å². The van der Waals surface area contributed by atoms with Crippen LogP contribution in [0.15, 0.2) is 24.3 Å². The van der Waals surface area contributed by atoms with Crippen LogP contribution < -0.4 is 5.32 Å². The van der Waals surface area contributed by atoms with E-state index in [1.54, 1.807) is 0 Å². The third-order valence-corrected chi connectivity index (χ3v) is 3.89. The maximum atomic E-state index is 12.3. The standard InChI is InChI=1S/C17H26N2O2/c1-13(2)11-19-9-7-15(12-19)17(21)18-16-5-3-14(4-6-16)8-10-20/h3-6,13,15,20H,7-12H2,1-2H3,(H,18,21). The Labute approximate surface area is 127 Å². The zero-order valence-electron chi connectivity index (χ0n) is 13.0. The second kappa shape index (κ2) is 7.57. The van der Waals surface area contributed by atoms with Crippen molar-refractivity contribution in [2.75, 3.05) is 31.6 Å². The van der Waals surface area contributed by atoms with Crippen molar-refractivity contribution in [3.8, 4) is 0 Å². The molecular formula is C17H26N2O2. The van der Waals surface area contributed by atoms with Gasteiger partial charge in [0.15, 0.2) is 0 Å². The van der Waals surface area contributed by atoms with E-state index >= 15 is 0 Å². The fourth-order valence-electron chi connectivity index (χ4n) is 2.86. The molecule has 2 rings (SSSR count). The molecule has 0 spiro atoms. The van der Waals surface area contributed by atoms with Gasteiger partial charge in [0, 0.05) is 25.4 Å². The molecule has 21 heavy (non-hydrogen) atoms. The van der Waals surface area contributed by atoms with Crippen LogP contribution in [0.2, 0.25) is 0 Å². The molecule has 4 nitrogen and oxygen atoms in total. The Balaban J connectivity index is 1.84. The fourth-order valence-corrected chi connectivity index (χ4v) is 2.86. The molecule has 1 aromatic carbocycles. The second-order valence-electron chi connectivity index (χ2n) is 6.30. The average molecular weight is 290 g/mol. The third-order valence-electron chi connectivity index (χ3n) is 3.89. The summed E-state index contributed by atoms with van der Waals surface area (Å²) in [6.07, 6.45) is 1.60. The maximum Gasteiger partial charge on any atom is 0.228 e. The fraction of sp³-hybridized carbons (Fsp3) is 0.588. The number of hydrogen-bond donors (Lipinski definition) is 2. The van der Waals surface area contributed by atoms with Gasteiger partial charge >= 0.3 is 0 Å². The molecule has 0 bridgehead atoms. The highest BCUT2D eigenvalue weighted by Gasteiger charge is 2.28. The molecule has 2 N–H and O–H groups in total. The molecule has 1 atom stereocenters. The van der Waals surface area contributed by atoms with Gasteiger partial charge in [0.2, 0.25) is 5.91 Å². The number of aliphatic hydroxyl groups excluding tert-OH is 1. The van der Waals surface area contributed by atoms with E-state index in [2.05, 4.69) is 24.1 Å². The molecule has 0 radical (unpaired) electrons. The van der Waals surface area contributed by atoms with Crippen molar-refractivity contribution in [3.63, 3.8) is 0 Å². The van der Waals surface area contributed by atoms with E-state index in [0.29, 0.717) is 12.3 Å². The van der Waals surface area contributed by atoms with Crippen LogP contribution in [0.3, 0.4) is 0 Å². The summed E-state index contributed by atoms with van der Waals surface area (Å²) >= 11 is 0. The Morgan fingerprint density at radius 2 is 2.10 bits per heavy atom. The number of benzene rings is 1. The summed E-state index contributed by atoms with van der Waals surface area (Å²) in [6.45, 7) is 7.53. The average Bonchev–Trinajstić information content (AvgIpc) is 2.89. The molecule has 0 aliphatic carbocycles. The highest BCUT2D eigenvalue weighted by molar-refractivity contribution is 5.92. The number of nitrogens with one attached hydrogen (secondary N) is 1. The molecule has 1 fully saturated rings. The van der Waals surface area contributed by atoms with Crippen LogP contribution >= 0.6 is 0 Å². The Hall–Kier alpha value is -1.39. The Kier molecular flexibility index (Phi) is 5.76. The van der Waals surface area contributed by atoms with Crippen LogP contribution in [0, 0.1) is 11.8 Å². The monoisotopic (exact) mass is 290 g/mol. The van der Waals surface area contributed by atoms with E-state index in [1.165, 1.54) is 0 Å². The first-order valence-corrected chi connectivity index (χ1v) is 7.81.